The fourth-order valence-electron chi connectivity index (χ4n) is 2.98. The molecule has 0 saturated heterocycles. The fraction of sp³-hybridized carbons (Fsp3) is 0.130. The summed E-state index contributed by atoms with van der Waals surface area (Å²) in [4.78, 5) is 12.4. The number of hydrogen-bond acceptors (Lipinski definition) is 6. The molecule has 3 aromatic rings. The van der Waals surface area contributed by atoms with Gasteiger partial charge < -0.3 is 9.84 Å². The molecule has 0 heterocycles. The highest BCUT2D eigenvalue weighted by atomic mass is 35.5. The van der Waals surface area contributed by atoms with Crippen LogP contribution in [0.3, 0.4) is 0 Å². The Hall–Kier alpha value is -3.47. The van der Waals surface area contributed by atoms with Gasteiger partial charge in [-0.15, -0.1) is 0 Å². The van der Waals surface area contributed by atoms with Crippen LogP contribution in [0.4, 0.5) is 4.39 Å². The van der Waals surface area contributed by atoms with E-state index in [0.717, 1.165) is 4.31 Å². The molecule has 178 valence electrons. The summed E-state index contributed by atoms with van der Waals surface area (Å²) in [5, 5.41) is 14.2. The molecule has 1 amide bonds. The van der Waals surface area contributed by atoms with E-state index >= 15 is 0 Å². The standard InChI is InChI=1S/C23H21ClFN3O5S/c1-33-21-8-4-6-16(23(21)30)13-26-27-22(29)15-28(14-17-5-2-3-7-20(17)25)34(31,32)19-11-9-18(24)10-12-19/h2-13,30H,14-15H2,1H3,(H,27,29)/b26-13-. The van der Waals surface area contributed by atoms with Gasteiger partial charge in [0.05, 0.1) is 24.8 Å². The molecule has 0 bridgehead atoms. The Morgan fingerprint density at radius 3 is 2.53 bits per heavy atom. The smallest absolute Gasteiger partial charge is 0.255 e. The summed E-state index contributed by atoms with van der Waals surface area (Å²) in [6.45, 7) is -1.02. The zero-order chi connectivity index (χ0) is 24.7. The second-order valence-electron chi connectivity index (χ2n) is 7.01. The van der Waals surface area contributed by atoms with Crippen molar-refractivity contribution in [2.45, 2.75) is 11.4 Å². The third kappa shape index (κ3) is 6.10. The van der Waals surface area contributed by atoms with Gasteiger partial charge in [0.15, 0.2) is 11.5 Å². The van der Waals surface area contributed by atoms with E-state index < -0.39 is 28.3 Å². The number of rotatable bonds is 9. The van der Waals surface area contributed by atoms with Crippen molar-refractivity contribution in [3.05, 3.63) is 88.7 Å². The van der Waals surface area contributed by atoms with E-state index in [9.17, 15) is 22.7 Å². The summed E-state index contributed by atoms with van der Waals surface area (Å²) in [6, 6.07) is 15.8. The molecule has 0 aromatic heterocycles. The lowest BCUT2D eigenvalue weighted by Crippen LogP contribution is -2.39. The first kappa shape index (κ1) is 25.2. The van der Waals surface area contributed by atoms with Crippen molar-refractivity contribution >= 4 is 33.7 Å². The molecule has 0 fully saturated rings. The van der Waals surface area contributed by atoms with Gasteiger partial charge in [-0.2, -0.15) is 9.41 Å². The molecule has 34 heavy (non-hydrogen) atoms. The number of hydrazone groups is 1. The van der Waals surface area contributed by atoms with Crippen molar-refractivity contribution in [3.8, 4) is 11.5 Å². The molecular formula is C23H21ClFN3O5S. The third-order valence-corrected chi connectivity index (χ3v) is 6.78. The molecule has 0 spiro atoms. The van der Waals surface area contributed by atoms with Crippen LogP contribution in [-0.4, -0.2) is 43.6 Å². The summed E-state index contributed by atoms with van der Waals surface area (Å²) in [5.74, 6) is -1.33. The number of aromatic hydroxyl groups is 1. The highest BCUT2D eigenvalue weighted by molar-refractivity contribution is 7.89. The van der Waals surface area contributed by atoms with Gasteiger partial charge in [0, 0.05) is 22.7 Å². The number of sulfonamides is 1. The number of carbonyl (C=O) groups is 1. The number of amides is 1. The average molecular weight is 506 g/mol. The van der Waals surface area contributed by atoms with E-state index in [-0.39, 0.29) is 34.1 Å². The molecule has 0 aliphatic heterocycles. The van der Waals surface area contributed by atoms with Gasteiger partial charge >= 0.3 is 0 Å². The lowest BCUT2D eigenvalue weighted by Gasteiger charge is -2.21. The molecule has 0 saturated carbocycles. The van der Waals surface area contributed by atoms with Crippen molar-refractivity contribution in [2.75, 3.05) is 13.7 Å². The molecule has 3 aromatic carbocycles. The van der Waals surface area contributed by atoms with Gasteiger partial charge in [-0.05, 0) is 42.5 Å². The van der Waals surface area contributed by atoms with Gasteiger partial charge in [-0.3, -0.25) is 4.79 Å². The Labute approximate surface area is 201 Å². The lowest BCUT2D eigenvalue weighted by molar-refractivity contribution is -0.121. The lowest BCUT2D eigenvalue weighted by atomic mass is 10.2. The van der Waals surface area contributed by atoms with E-state index in [0.29, 0.717) is 5.02 Å². The van der Waals surface area contributed by atoms with Crippen LogP contribution in [0.15, 0.2) is 76.7 Å². The minimum absolute atomic E-state index is 0.0950. The first-order valence-corrected chi connectivity index (χ1v) is 11.7. The van der Waals surface area contributed by atoms with Gasteiger partial charge in [0.2, 0.25) is 10.0 Å². The minimum atomic E-state index is -4.18. The Bertz CT molecular complexity index is 1300. The Kier molecular flexibility index (Phi) is 8.21. The van der Waals surface area contributed by atoms with E-state index in [1.807, 2.05) is 0 Å². The second-order valence-corrected chi connectivity index (χ2v) is 9.38. The van der Waals surface area contributed by atoms with E-state index in [1.165, 1.54) is 55.8 Å². The maximum Gasteiger partial charge on any atom is 0.255 e. The number of para-hydroxylation sites is 1. The second kappa shape index (κ2) is 11.1. The molecule has 2 N–H and O–H groups in total. The zero-order valence-corrected chi connectivity index (χ0v) is 19.6. The highest BCUT2D eigenvalue weighted by Crippen LogP contribution is 2.28. The van der Waals surface area contributed by atoms with Crippen LogP contribution < -0.4 is 10.2 Å². The number of nitrogens with one attached hydrogen (secondary N) is 1. The SMILES string of the molecule is COc1cccc(/C=N\NC(=O)CN(Cc2ccccc2F)S(=O)(=O)c2ccc(Cl)cc2)c1O. The van der Waals surface area contributed by atoms with Crippen LogP contribution in [0, 0.1) is 5.82 Å². The van der Waals surface area contributed by atoms with E-state index in [4.69, 9.17) is 16.3 Å². The summed E-state index contributed by atoms with van der Waals surface area (Å²) in [6.07, 6.45) is 1.19. The molecule has 0 unspecified atom stereocenters. The Balaban J connectivity index is 1.81. The van der Waals surface area contributed by atoms with Gasteiger partial charge in [-0.1, -0.05) is 35.9 Å². The average Bonchev–Trinajstić information content (AvgIpc) is 2.81. The predicted octanol–water partition coefficient (Wildman–Crippen LogP) is 3.53. The van der Waals surface area contributed by atoms with Gasteiger partial charge in [0.25, 0.3) is 5.91 Å². The molecule has 0 radical (unpaired) electrons. The van der Waals surface area contributed by atoms with Crippen molar-refractivity contribution in [2.24, 2.45) is 5.10 Å². The van der Waals surface area contributed by atoms with Crippen LogP contribution in [0.1, 0.15) is 11.1 Å². The van der Waals surface area contributed by atoms with Crippen molar-refractivity contribution in [1.29, 1.82) is 0 Å². The van der Waals surface area contributed by atoms with Crippen LogP contribution in [0.25, 0.3) is 0 Å². The number of phenolic OH excluding ortho intramolecular Hbond substituents is 1. The van der Waals surface area contributed by atoms with Crippen molar-refractivity contribution in [3.63, 3.8) is 0 Å². The number of hydrogen-bond donors (Lipinski definition) is 2. The predicted molar refractivity (Wildman–Crippen MR) is 126 cm³/mol. The first-order valence-electron chi connectivity index (χ1n) is 9.89. The quantitative estimate of drug-likeness (QED) is 0.341. The summed E-state index contributed by atoms with van der Waals surface area (Å²) >= 11 is 5.85. The number of halogens is 2. The van der Waals surface area contributed by atoms with Crippen LogP contribution in [0.2, 0.25) is 5.02 Å². The molecule has 8 nitrogen and oxygen atoms in total. The maximum absolute atomic E-state index is 14.2. The fourth-order valence-corrected chi connectivity index (χ4v) is 4.48. The molecule has 0 aliphatic rings. The van der Waals surface area contributed by atoms with E-state index in [1.54, 1.807) is 24.3 Å². The number of nitrogens with zero attached hydrogens (tertiary/aromatic N) is 2. The van der Waals surface area contributed by atoms with Gasteiger partial charge in [0.1, 0.15) is 5.82 Å². The monoisotopic (exact) mass is 505 g/mol. The first-order chi connectivity index (χ1) is 16.2. The van der Waals surface area contributed by atoms with Gasteiger partial charge in [-0.25, -0.2) is 18.2 Å². The van der Waals surface area contributed by atoms with E-state index in [2.05, 4.69) is 10.5 Å². The number of benzene rings is 3. The molecule has 0 atom stereocenters. The van der Waals surface area contributed by atoms with Crippen molar-refractivity contribution < 1.29 is 27.4 Å². The normalized spacial score (nSPS) is 11.6. The van der Waals surface area contributed by atoms with Crippen molar-refractivity contribution in [1.82, 2.24) is 9.73 Å². The molecule has 3 rings (SSSR count). The highest BCUT2D eigenvalue weighted by Gasteiger charge is 2.27. The summed E-state index contributed by atoms with van der Waals surface area (Å²) in [5.41, 5.74) is 2.59. The third-order valence-electron chi connectivity index (χ3n) is 4.72. The largest absolute Gasteiger partial charge is 0.504 e. The topological polar surface area (TPSA) is 108 Å². The number of methoxy groups -OCH3 is 1. The summed E-state index contributed by atoms with van der Waals surface area (Å²) < 4.78 is 46.5. The molecular weight excluding hydrogens is 485 g/mol. The molecule has 11 heteroatoms. The Morgan fingerprint density at radius 1 is 1.15 bits per heavy atom. The number of ether oxygens (including phenoxy) is 1. The maximum atomic E-state index is 14.2. The molecule has 0 aliphatic carbocycles. The van der Waals surface area contributed by atoms with Crippen LogP contribution >= 0.6 is 11.6 Å². The van der Waals surface area contributed by atoms with Crippen LogP contribution in [-0.2, 0) is 21.4 Å². The summed E-state index contributed by atoms with van der Waals surface area (Å²) in [7, 11) is -2.79. The number of carbonyl (C=O) groups excluding carboxylic acids is 1. The minimum Gasteiger partial charge on any atom is -0.504 e. The zero-order valence-electron chi connectivity index (χ0n) is 18.0. The number of phenols is 1. The Morgan fingerprint density at radius 2 is 1.85 bits per heavy atom. The van der Waals surface area contributed by atoms with Crippen LogP contribution in [0.5, 0.6) is 11.5 Å².